The number of ether oxygens (including phenoxy) is 1. The number of anilines is 4. The molecule has 14 nitrogen and oxygen atoms in total. The zero-order valence-electron chi connectivity index (χ0n) is 24.2. The van der Waals surface area contributed by atoms with E-state index in [1.165, 1.54) is 6.07 Å². The number of methoxy groups -OCH3 is 1. The first-order chi connectivity index (χ1) is 20.4. The molecule has 0 aliphatic rings. The quantitative estimate of drug-likeness (QED) is 0.0663. The topological polar surface area (TPSA) is 178 Å². The first-order valence-corrected chi connectivity index (χ1v) is 14.2. The summed E-state index contributed by atoms with van der Waals surface area (Å²) in [7, 11) is 1.65. The fraction of sp³-hybridized carbons (Fsp3) is 0.464. The normalized spacial score (nSPS) is 11.0. The lowest BCUT2D eigenvalue weighted by atomic mass is 10.1. The maximum Gasteiger partial charge on any atom is 0.300 e. The minimum absolute atomic E-state index is 0.124. The van der Waals surface area contributed by atoms with E-state index >= 15 is 0 Å². The predicted molar refractivity (Wildman–Crippen MR) is 162 cm³/mol. The van der Waals surface area contributed by atoms with Crippen molar-refractivity contribution in [3.05, 3.63) is 52.1 Å². The van der Waals surface area contributed by atoms with Crippen molar-refractivity contribution in [3.8, 4) is 5.75 Å². The van der Waals surface area contributed by atoms with Gasteiger partial charge in [0.25, 0.3) is 0 Å². The van der Waals surface area contributed by atoms with Crippen molar-refractivity contribution in [3.63, 3.8) is 0 Å². The summed E-state index contributed by atoms with van der Waals surface area (Å²) in [5.41, 5.74) is 2.14. The molecule has 0 radical (unpaired) electrons. The van der Waals surface area contributed by atoms with Crippen LogP contribution in [0.15, 0.2) is 41.0 Å². The minimum atomic E-state index is -0.495. The van der Waals surface area contributed by atoms with Crippen molar-refractivity contribution in [2.45, 2.75) is 52.5 Å². The smallest absolute Gasteiger partial charge is 0.300 e. The van der Waals surface area contributed by atoms with Crippen molar-refractivity contribution in [2.75, 3.05) is 48.0 Å². The zero-order chi connectivity index (χ0) is 29.7. The molecule has 0 saturated carbocycles. The van der Waals surface area contributed by atoms with E-state index in [1.807, 2.05) is 24.3 Å². The van der Waals surface area contributed by atoms with Crippen molar-refractivity contribution in [1.29, 1.82) is 0 Å². The Morgan fingerprint density at radius 3 is 2.07 bits per heavy atom. The zero-order valence-corrected chi connectivity index (χ0v) is 24.2. The van der Waals surface area contributed by atoms with Crippen LogP contribution in [0.25, 0.3) is 11.0 Å². The van der Waals surface area contributed by atoms with Crippen LogP contribution in [0.2, 0.25) is 0 Å². The number of aromatic nitrogens is 5. The SMILES string of the molecule is COc1ccc(CNc2nc(NCCCCCCNc3ccc([N+](=O)[O-])c4nonc34)nc(NCCC(C)C)n2)cc1. The third kappa shape index (κ3) is 8.88. The van der Waals surface area contributed by atoms with Gasteiger partial charge in [0.2, 0.25) is 23.4 Å². The predicted octanol–water partition coefficient (Wildman–Crippen LogP) is 5.48. The summed E-state index contributed by atoms with van der Waals surface area (Å²) in [6, 6.07) is 10.9. The molecule has 0 aliphatic heterocycles. The molecule has 42 heavy (non-hydrogen) atoms. The molecule has 4 rings (SSSR count). The molecule has 0 aliphatic carbocycles. The molecule has 0 bridgehead atoms. The average molecular weight is 579 g/mol. The Labute approximate surface area is 244 Å². The largest absolute Gasteiger partial charge is 0.497 e. The molecular formula is C28H38N10O4. The first kappa shape index (κ1) is 30.2. The highest BCUT2D eigenvalue weighted by atomic mass is 16.6. The van der Waals surface area contributed by atoms with Crippen molar-refractivity contribution in [1.82, 2.24) is 25.3 Å². The lowest BCUT2D eigenvalue weighted by Crippen LogP contribution is -2.14. The van der Waals surface area contributed by atoms with Crippen LogP contribution in [0.5, 0.6) is 5.75 Å². The number of fused-ring (bicyclic) bond motifs is 1. The molecule has 0 atom stereocenters. The molecule has 0 saturated heterocycles. The first-order valence-electron chi connectivity index (χ1n) is 14.2. The summed E-state index contributed by atoms with van der Waals surface area (Å²) in [5.74, 6) is 2.96. The molecule has 14 heteroatoms. The molecule has 0 fully saturated rings. The van der Waals surface area contributed by atoms with Crippen LogP contribution in [-0.4, -0.2) is 56.9 Å². The third-order valence-corrected chi connectivity index (χ3v) is 6.54. The van der Waals surface area contributed by atoms with Crippen LogP contribution in [0, 0.1) is 16.0 Å². The van der Waals surface area contributed by atoms with Crippen LogP contribution < -0.4 is 26.0 Å². The number of nitro benzene ring substituents is 1. The number of nitrogens with one attached hydrogen (secondary N) is 4. The number of nitrogens with zero attached hydrogens (tertiary/aromatic N) is 6. The molecule has 2 aromatic heterocycles. The van der Waals surface area contributed by atoms with Gasteiger partial charge in [-0.25, -0.2) is 4.63 Å². The van der Waals surface area contributed by atoms with Crippen LogP contribution >= 0.6 is 0 Å². The van der Waals surface area contributed by atoms with Crippen LogP contribution in [0.4, 0.5) is 29.2 Å². The second-order valence-electron chi connectivity index (χ2n) is 10.2. The van der Waals surface area contributed by atoms with Gasteiger partial charge < -0.3 is 26.0 Å². The summed E-state index contributed by atoms with van der Waals surface area (Å²) in [4.78, 5) is 24.3. The number of nitro groups is 1. The van der Waals surface area contributed by atoms with Crippen molar-refractivity contribution >= 4 is 40.3 Å². The molecular weight excluding hydrogens is 540 g/mol. The van der Waals surface area contributed by atoms with Gasteiger partial charge in [0.1, 0.15) is 5.75 Å². The van der Waals surface area contributed by atoms with Crippen molar-refractivity contribution < 1.29 is 14.3 Å². The highest BCUT2D eigenvalue weighted by Gasteiger charge is 2.19. The number of unbranched alkanes of at least 4 members (excludes halogenated alkanes) is 3. The second-order valence-corrected chi connectivity index (χ2v) is 10.2. The maximum atomic E-state index is 11.1. The second kappa shape index (κ2) is 15.3. The van der Waals surface area contributed by atoms with E-state index < -0.39 is 4.92 Å². The standard InChI is InChI=1S/C28H38N10O4/c1-19(2)14-17-31-27-33-26(34-28(35-27)32-18-20-8-10-21(41-3)11-9-20)30-16-7-5-4-6-15-29-22-12-13-23(38(39)40)25-24(22)36-42-37-25/h8-13,19,29H,4-7,14-18H2,1-3H3,(H3,30,31,32,33,34,35). The molecule has 0 amide bonds. The van der Waals surface area contributed by atoms with E-state index in [9.17, 15) is 10.1 Å². The van der Waals surface area contributed by atoms with Crippen LogP contribution in [0.1, 0.15) is 51.5 Å². The van der Waals surface area contributed by atoms with E-state index in [0.717, 1.165) is 56.5 Å². The summed E-state index contributed by atoms with van der Waals surface area (Å²) in [5, 5.41) is 31.8. The Hall–Kier alpha value is -4.75. The van der Waals surface area contributed by atoms with E-state index in [1.54, 1.807) is 13.2 Å². The van der Waals surface area contributed by atoms with Crippen LogP contribution in [0.3, 0.4) is 0 Å². The summed E-state index contributed by atoms with van der Waals surface area (Å²) < 4.78 is 9.94. The Bertz CT molecular complexity index is 1430. The van der Waals surface area contributed by atoms with Gasteiger partial charge in [-0.05, 0) is 59.3 Å². The number of non-ortho nitro benzene ring substituents is 1. The number of hydrogen-bond donors (Lipinski definition) is 4. The van der Waals surface area contributed by atoms with E-state index in [2.05, 4.69) is 60.4 Å². The van der Waals surface area contributed by atoms with Crippen molar-refractivity contribution in [2.24, 2.45) is 5.92 Å². The minimum Gasteiger partial charge on any atom is -0.497 e. The Kier molecular flexibility index (Phi) is 11.0. The average Bonchev–Trinajstić information content (AvgIpc) is 3.48. The highest BCUT2D eigenvalue weighted by Crippen LogP contribution is 2.28. The fourth-order valence-corrected chi connectivity index (χ4v) is 4.18. The molecule has 4 N–H and O–H groups in total. The van der Waals surface area contributed by atoms with Crippen LogP contribution in [-0.2, 0) is 6.54 Å². The number of hydrogen-bond acceptors (Lipinski definition) is 13. The summed E-state index contributed by atoms with van der Waals surface area (Å²) in [6.07, 6.45) is 4.92. The van der Waals surface area contributed by atoms with Gasteiger partial charge in [0.15, 0.2) is 5.52 Å². The van der Waals surface area contributed by atoms with Gasteiger partial charge in [-0.15, -0.1) is 0 Å². The fourth-order valence-electron chi connectivity index (χ4n) is 4.18. The number of rotatable bonds is 18. The van der Waals surface area contributed by atoms with Gasteiger partial charge in [0.05, 0.1) is 17.7 Å². The van der Waals surface area contributed by atoms with E-state index in [0.29, 0.717) is 48.1 Å². The van der Waals surface area contributed by atoms with Gasteiger partial charge in [-0.1, -0.05) is 38.8 Å². The molecule has 224 valence electrons. The Morgan fingerprint density at radius 1 is 0.810 bits per heavy atom. The maximum absolute atomic E-state index is 11.1. The molecule has 2 aromatic carbocycles. The van der Waals surface area contributed by atoms with Gasteiger partial charge in [-0.2, -0.15) is 15.0 Å². The Morgan fingerprint density at radius 2 is 1.43 bits per heavy atom. The molecule has 0 spiro atoms. The summed E-state index contributed by atoms with van der Waals surface area (Å²) in [6.45, 7) is 7.16. The molecule has 4 aromatic rings. The van der Waals surface area contributed by atoms with Gasteiger partial charge >= 0.3 is 5.69 Å². The van der Waals surface area contributed by atoms with Gasteiger partial charge in [0, 0.05) is 32.2 Å². The van der Waals surface area contributed by atoms with E-state index in [-0.39, 0.29) is 11.2 Å². The Balaban J connectivity index is 1.22. The summed E-state index contributed by atoms with van der Waals surface area (Å²) >= 11 is 0. The third-order valence-electron chi connectivity index (χ3n) is 6.54. The van der Waals surface area contributed by atoms with Gasteiger partial charge in [-0.3, -0.25) is 10.1 Å². The highest BCUT2D eigenvalue weighted by molar-refractivity contribution is 5.93. The monoisotopic (exact) mass is 578 g/mol. The molecule has 2 heterocycles. The lowest BCUT2D eigenvalue weighted by molar-refractivity contribution is -0.383. The lowest BCUT2D eigenvalue weighted by Gasteiger charge is -2.12. The molecule has 0 unspecified atom stereocenters. The number of benzene rings is 2. The van der Waals surface area contributed by atoms with E-state index in [4.69, 9.17) is 9.37 Å².